The molecule has 0 aliphatic heterocycles. The predicted octanol–water partition coefficient (Wildman–Crippen LogP) is 1.77. The minimum atomic E-state index is 0.521. The van der Waals surface area contributed by atoms with Gasteiger partial charge in [0.2, 0.25) is 0 Å². The lowest BCUT2D eigenvalue weighted by molar-refractivity contribution is 0.587. The van der Waals surface area contributed by atoms with Crippen molar-refractivity contribution in [3.05, 3.63) is 42.2 Å². The lowest BCUT2D eigenvalue weighted by atomic mass is 10.3. The fourth-order valence-corrected chi connectivity index (χ4v) is 1.73. The van der Waals surface area contributed by atoms with E-state index >= 15 is 0 Å². The van der Waals surface area contributed by atoms with Crippen LogP contribution >= 0.6 is 0 Å². The fourth-order valence-electron chi connectivity index (χ4n) is 1.73. The van der Waals surface area contributed by atoms with Gasteiger partial charge in [0, 0.05) is 44.4 Å². The summed E-state index contributed by atoms with van der Waals surface area (Å²) in [6, 6.07) is 2.67. The van der Waals surface area contributed by atoms with Crippen LogP contribution in [-0.2, 0) is 20.1 Å². The zero-order valence-corrected chi connectivity index (χ0v) is 10.7. The molecule has 4 nitrogen and oxygen atoms in total. The Kier molecular flexibility index (Phi) is 3.64. The molecule has 0 saturated carbocycles. The SMILES string of the molecule is CC(C)NCc1ccn(Cc2nccn2C)c1. The Hall–Kier alpha value is -1.55. The van der Waals surface area contributed by atoms with Crippen molar-refractivity contribution in [1.82, 2.24) is 19.4 Å². The Morgan fingerprint density at radius 3 is 2.82 bits per heavy atom. The lowest BCUT2D eigenvalue weighted by Gasteiger charge is -2.06. The van der Waals surface area contributed by atoms with E-state index in [1.807, 2.05) is 24.0 Å². The smallest absolute Gasteiger partial charge is 0.128 e. The quantitative estimate of drug-likeness (QED) is 0.852. The molecule has 0 saturated heterocycles. The van der Waals surface area contributed by atoms with Gasteiger partial charge in [-0.05, 0) is 11.6 Å². The first kappa shape index (κ1) is 11.9. The van der Waals surface area contributed by atoms with E-state index in [-0.39, 0.29) is 0 Å². The summed E-state index contributed by atoms with van der Waals surface area (Å²) in [7, 11) is 2.02. The summed E-state index contributed by atoms with van der Waals surface area (Å²) in [5.74, 6) is 1.07. The summed E-state index contributed by atoms with van der Waals surface area (Å²) in [5, 5.41) is 3.41. The van der Waals surface area contributed by atoms with Gasteiger partial charge in [-0.2, -0.15) is 0 Å². The minimum absolute atomic E-state index is 0.521. The van der Waals surface area contributed by atoms with Crippen molar-refractivity contribution >= 4 is 0 Å². The van der Waals surface area contributed by atoms with Gasteiger partial charge in [-0.25, -0.2) is 4.98 Å². The van der Waals surface area contributed by atoms with Crippen LogP contribution in [0.25, 0.3) is 0 Å². The highest BCUT2D eigenvalue weighted by atomic mass is 15.1. The summed E-state index contributed by atoms with van der Waals surface area (Å²) in [6.45, 7) is 6.06. The number of aryl methyl sites for hydroxylation is 1. The standard InChI is InChI=1S/C13H20N4/c1-11(2)15-8-12-4-6-17(9-12)10-13-14-5-7-16(13)3/h4-7,9,11,15H,8,10H2,1-3H3. The van der Waals surface area contributed by atoms with E-state index in [2.05, 4.69) is 47.2 Å². The van der Waals surface area contributed by atoms with Crippen LogP contribution in [0.4, 0.5) is 0 Å². The molecular formula is C13H20N4. The average Bonchev–Trinajstić information content (AvgIpc) is 2.87. The maximum absolute atomic E-state index is 4.32. The average molecular weight is 232 g/mol. The van der Waals surface area contributed by atoms with Crippen LogP contribution in [0.5, 0.6) is 0 Å². The molecule has 0 aliphatic carbocycles. The van der Waals surface area contributed by atoms with Gasteiger partial charge in [-0.15, -0.1) is 0 Å². The third-order valence-electron chi connectivity index (χ3n) is 2.77. The van der Waals surface area contributed by atoms with Crippen LogP contribution in [0.3, 0.4) is 0 Å². The molecule has 0 fully saturated rings. The van der Waals surface area contributed by atoms with E-state index in [1.54, 1.807) is 0 Å². The van der Waals surface area contributed by atoms with Gasteiger partial charge in [0.15, 0.2) is 0 Å². The maximum atomic E-state index is 4.32. The molecule has 2 heterocycles. The molecule has 0 aliphatic rings. The molecule has 2 rings (SSSR count). The Balaban J connectivity index is 1.97. The van der Waals surface area contributed by atoms with E-state index in [4.69, 9.17) is 0 Å². The molecule has 0 bridgehead atoms. The highest BCUT2D eigenvalue weighted by Crippen LogP contribution is 2.05. The maximum Gasteiger partial charge on any atom is 0.128 e. The summed E-state index contributed by atoms with van der Waals surface area (Å²) in [5.41, 5.74) is 1.31. The molecule has 0 aromatic carbocycles. The first-order valence-electron chi connectivity index (χ1n) is 5.99. The van der Waals surface area contributed by atoms with E-state index < -0.39 is 0 Å². The summed E-state index contributed by atoms with van der Waals surface area (Å²) < 4.78 is 4.21. The molecule has 0 radical (unpaired) electrons. The molecule has 0 spiro atoms. The molecule has 4 heteroatoms. The molecule has 0 atom stereocenters. The van der Waals surface area contributed by atoms with E-state index in [9.17, 15) is 0 Å². The number of rotatable bonds is 5. The van der Waals surface area contributed by atoms with Crippen LogP contribution in [0, 0.1) is 0 Å². The van der Waals surface area contributed by atoms with Gasteiger partial charge in [0.1, 0.15) is 5.82 Å². The summed E-state index contributed by atoms with van der Waals surface area (Å²) in [6.07, 6.45) is 8.08. The van der Waals surface area contributed by atoms with Crippen molar-refractivity contribution in [2.24, 2.45) is 7.05 Å². The van der Waals surface area contributed by atoms with Gasteiger partial charge in [0.25, 0.3) is 0 Å². The number of hydrogen-bond donors (Lipinski definition) is 1. The second kappa shape index (κ2) is 5.19. The molecule has 2 aromatic rings. The predicted molar refractivity (Wildman–Crippen MR) is 68.7 cm³/mol. The Bertz CT molecular complexity index is 467. The fraction of sp³-hybridized carbons (Fsp3) is 0.462. The van der Waals surface area contributed by atoms with Gasteiger partial charge in [0.05, 0.1) is 6.54 Å². The second-order valence-electron chi connectivity index (χ2n) is 4.68. The van der Waals surface area contributed by atoms with Crippen molar-refractivity contribution < 1.29 is 0 Å². The van der Waals surface area contributed by atoms with Gasteiger partial charge >= 0.3 is 0 Å². The first-order chi connectivity index (χ1) is 8.15. The Labute approximate surface area is 102 Å². The number of aromatic nitrogens is 3. The second-order valence-corrected chi connectivity index (χ2v) is 4.68. The third kappa shape index (κ3) is 3.20. The number of imidazole rings is 1. The molecule has 2 aromatic heterocycles. The topological polar surface area (TPSA) is 34.8 Å². The van der Waals surface area contributed by atoms with Crippen molar-refractivity contribution in [2.45, 2.75) is 33.0 Å². The molecular weight excluding hydrogens is 212 g/mol. The monoisotopic (exact) mass is 232 g/mol. The Morgan fingerprint density at radius 2 is 2.18 bits per heavy atom. The molecule has 92 valence electrons. The molecule has 0 amide bonds. The van der Waals surface area contributed by atoms with Crippen LogP contribution in [-0.4, -0.2) is 20.2 Å². The van der Waals surface area contributed by atoms with Crippen molar-refractivity contribution in [3.8, 4) is 0 Å². The van der Waals surface area contributed by atoms with Gasteiger partial charge in [-0.3, -0.25) is 0 Å². The van der Waals surface area contributed by atoms with Crippen LogP contribution in [0.2, 0.25) is 0 Å². The highest BCUT2D eigenvalue weighted by Gasteiger charge is 2.02. The van der Waals surface area contributed by atoms with Gasteiger partial charge < -0.3 is 14.5 Å². The van der Waals surface area contributed by atoms with Crippen molar-refractivity contribution in [1.29, 1.82) is 0 Å². The third-order valence-corrected chi connectivity index (χ3v) is 2.77. The zero-order chi connectivity index (χ0) is 12.3. The number of nitrogens with one attached hydrogen (secondary N) is 1. The number of nitrogens with zero attached hydrogens (tertiary/aromatic N) is 3. The first-order valence-corrected chi connectivity index (χ1v) is 5.99. The molecule has 17 heavy (non-hydrogen) atoms. The molecule has 1 N–H and O–H groups in total. The van der Waals surface area contributed by atoms with Crippen LogP contribution in [0.15, 0.2) is 30.9 Å². The lowest BCUT2D eigenvalue weighted by Crippen LogP contribution is -2.21. The Morgan fingerprint density at radius 1 is 1.35 bits per heavy atom. The van der Waals surface area contributed by atoms with Crippen LogP contribution in [0.1, 0.15) is 25.2 Å². The summed E-state index contributed by atoms with van der Waals surface area (Å²) in [4.78, 5) is 4.32. The van der Waals surface area contributed by atoms with Gasteiger partial charge in [-0.1, -0.05) is 13.8 Å². The minimum Gasteiger partial charge on any atom is -0.346 e. The van der Waals surface area contributed by atoms with Crippen LogP contribution < -0.4 is 5.32 Å². The number of hydrogen-bond acceptors (Lipinski definition) is 2. The zero-order valence-electron chi connectivity index (χ0n) is 10.7. The summed E-state index contributed by atoms with van der Waals surface area (Å²) >= 11 is 0. The highest BCUT2D eigenvalue weighted by molar-refractivity contribution is 5.11. The van der Waals surface area contributed by atoms with E-state index in [1.165, 1.54) is 5.56 Å². The van der Waals surface area contributed by atoms with E-state index in [0.717, 1.165) is 18.9 Å². The van der Waals surface area contributed by atoms with Crippen molar-refractivity contribution in [2.75, 3.05) is 0 Å². The largest absolute Gasteiger partial charge is 0.346 e. The van der Waals surface area contributed by atoms with Crippen molar-refractivity contribution in [3.63, 3.8) is 0 Å². The molecule has 0 unspecified atom stereocenters. The normalized spacial score (nSPS) is 11.3. The van der Waals surface area contributed by atoms with E-state index in [0.29, 0.717) is 6.04 Å².